The number of unbranched alkanes of at least 4 members (excludes halogenated alkanes) is 2. The predicted octanol–water partition coefficient (Wildman–Crippen LogP) is 5.56. The van der Waals surface area contributed by atoms with Gasteiger partial charge in [-0.05, 0) is 42.8 Å². The number of hydrogen-bond acceptors (Lipinski definition) is 4. The van der Waals surface area contributed by atoms with Gasteiger partial charge in [0.1, 0.15) is 4.70 Å². The van der Waals surface area contributed by atoms with Gasteiger partial charge in [-0.3, -0.25) is 9.36 Å². The van der Waals surface area contributed by atoms with Crippen LogP contribution >= 0.6 is 23.1 Å². The first kappa shape index (κ1) is 18.2. The lowest BCUT2D eigenvalue weighted by atomic mass is 10.1. The van der Waals surface area contributed by atoms with Crippen molar-refractivity contribution in [2.45, 2.75) is 57.5 Å². The van der Waals surface area contributed by atoms with E-state index in [1.54, 1.807) is 11.8 Å². The van der Waals surface area contributed by atoms with Crippen LogP contribution in [0.5, 0.6) is 0 Å². The summed E-state index contributed by atoms with van der Waals surface area (Å²) in [5.41, 5.74) is 4.80. The summed E-state index contributed by atoms with van der Waals surface area (Å²) in [6, 6.07) is 8.47. The first-order valence-electron chi connectivity index (χ1n) is 8.77. The normalized spacial score (nSPS) is 11.3. The fraction of sp³-hybridized carbons (Fsp3) is 0.400. The van der Waals surface area contributed by atoms with Gasteiger partial charge < -0.3 is 0 Å². The van der Waals surface area contributed by atoms with Crippen LogP contribution in [0.15, 0.2) is 39.6 Å². The Morgan fingerprint density at radius 1 is 1.20 bits per heavy atom. The zero-order chi connectivity index (χ0) is 17.8. The molecular formula is C20H24N2OS2. The summed E-state index contributed by atoms with van der Waals surface area (Å²) < 4.78 is 2.65. The molecule has 0 saturated carbocycles. The summed E-state index contributed by atoms with van der Waals surface area (Å²) in [5, 5.41) is 2.79. The van der Waals surface area contributed by atoms with Gasteiger partial charge in [-0.2, -0.15) is 0 Å². The Morgan fingerprint density at radius 2 is 2.04 bits per heavy atom. The molecule has 0 saturated heterocycles. The Labute approximate surface area is 157 Å². The Hall–Kier alpha value is -1.59. The maximum atomic E-state index is 12.9. The number of thiophene rings is 1. The van der Waals surface area contributed by atoms with Crippen LogP contribution in [0.2, 0.25) is 0 Å². The second kappa shape index (κ2) is 8.19. The number of hydrogen-bond donors (Lipinski definition) is 0. The van der Waals surface area contributed by atoms with E-state index < -0.39 is 0 Å². The number of rotatable bonds is 7. The van der Waals surface area contributed by atoms with Crippen molar-refractivity contribution in [2.24, 2.45) is 0 Å². The van der Waals surface area contributed by atoms with Crippen LogP contribution < -0.4 is 5.56 Å². The second-order valence-electron chi connectivity index (χ2n) is 6.41. The lowest BCUT2D eigenvalue weighted by Crippen LogP contribution is -2.22. The maximum absolute atomic E-state index is 12.9. The highest BCUT2D eigenvalue weighted by Gasteiger charge is 2.13. The summed E-state index contributed by atoms with van der Waals surface area (Å²) in [4.78, 5) is 17.6. The zero-order valence-corrected chi connectivity index (χ0v) is 16.7. The highest BCUT2D eigenvalue weighted by molar-refractivity contribution is 7.98. The largest absolute Gasteiger partial charge is 0.286 e. The van der Waals surface area contributed by atoms with Gasteiger partial charge in [0.2, 0.25) is 0 Å². The molecule has 0 atom stereocenters. The molecule has 3 rings (SSSR count). The number of aryl methyl sites for hydroxylation is 2. The molecular weight excluding hydrogens is 348 g/mol. The van der Waals surface area contributed by atoms with Gasteiger partial charge in [-0.25, -0.2) is 4.98 Å². The van der Waals surface area contributed by atoms with Gasteiger partial charge in [-0.1, -0.05) is 55.3 Å². The molecule has 0 spiro atoms. The minimum Gasteiger partial charge on any atom is -0.286 e. The lowest BCUT2D eigenvalue weighted by Gasteiger charge is -2.13. The molecule has 0 fully saturated rings. The van der Waals surface area contributed by atoms with Crippen molar-refractivity contribution in [3.63, 3.8) is 0 Å². The maximum Gasteiger partial charge on any atom is 0.272 e. The van der Waals surface area contributed by atoms with Crippen LogP contribution in [0.3, 0.4) is 0 Å². The van der Waals surface area contributed by atoms with Gasteiger partial charge >= 0.3 is 0 Å². The van der Waals surface area contributed by atoms with Crippen LogP contribution in [-0.4, -0.2) is 9.55 Å². The molecule has 3 aromatic rings. The Bertz CT molecular complexity index is 927. The zero-order valence-electron chi connectivity index (χ0n) is 15.0. The number of thioether (sulfide) groups is 1. The average Bonchev–Trinajstić information content (AvgIpc) is 3.07. The molecule has 0 bridgehead atoms. The Kier molecular flexibility index (Phi) is 5.97. The molecule has 2 aromatic heterocycles. The van der Waals surface area contributed by atoms with E-state index in [0.717, 1.165) is 46.9 Å². The number of fused-ring (bicyclic) bond motifs is 1. The highest BCUT2D eigenvalue weighted by Crippen LogP contribution is 2.26. The molecule has 25 heavy (non-hydrogen) atoms. The first-order valence-corrected chi connectivity index (χ1v) is 10.6. The molecule has 0 aliphatic heterocycles. The van der Waals surface area contributed by atoms with Gasteiger partial charge in [0.15, 0.2) is 5.16 Å². The third-order valence-corrected chi connectivity index (χ3v) is 6.29. The lowest BCUT2D eigenvalue weighted by molar-refractivity contribution is 0.542. The minimum atomic E-state index is 0.111. The smallest absolute Gasteiger partial charge is 0.272 e. The van der Waals surface area contributed by atoms with Crippen LogP contribution in [-0.2, 0) is 12.3 Å². The Balaban J connectivity index is 1.91. The molecule has 132 valence electrons. The van der Waals surface area contributed by atoms with E-state index in [2.05, 4.69) is 39.0 Å². The van der Waals surface area contributed by atoms with Crippen molar-refractivity contribution in [2.75, 3.05) is 0 Å². The van der Waals surface area contributed by atoms with E-state index in [4.69, 9.17) is 4.98 Å². The summed E-state index contributed by atoms with van der Waals surface area (Å²) in [6.07, 6.45) is 3.30. The molecule has 0 amide bonds. The molecule has 0 unspecified atom stereocenters. The van der Waals surface area contributed by atoms with E-state index in [9.17, 15) is 4.79 Å². The van der Waals surface area contributed by atoms with E-state index >= 15 is 0 Å². The molecule has 1 aromatic carbocycles. The van der Waals surface area contributed by atoms with Crippen molar-refractivity contribution in [1.82, 2.24) is 9.55 Å². The average molecular weight is 373 g/mol. The summed E-state index contributed by atoms with van der Waals surface area (Å²) in [5.74, 6) is 0.837. The summed E-state index contributed by atoms with van der Waals surface area (Å²) in [6.45, 7) is 7.19. The standard InChI is InChI=1S/C20H24N2OS2/c1-4-5-6-10-22-19(23)18-17(9-11-24-18)21-20(22)25-13-16-12-14(2)7-8-15(16)3/h7-9,11-12H,4-6,10,13H2,1-3H3. The van der Waals surface area contributed by atoms with Gasteiger partial charge in [0.05, 0.1) is 5.52 Å². The SMILES string of the molecule is CCCCCn1c(SCc2cc(C)ccc2C)nc2ccsc2c1=O. The summed E-state index contributed by atoms with van der Waals surface area (Å²) in [7, 11) is 0. The number of benzene rings is 1. The second-order valence-corrected chi connectivity index (χ2v) is 8.27. The van der Waals surface area contributed by atoms with Crippen LogP contribution in [0.25, 0.3) is 10.2 Å². The van der Waals surface area contributed by atoms with Crippen LogP contribution in [0, 0.1) is 13.8 Å². The number of nitrogens with zero attached hydrogens (tertiary/aromatic N) is 2. The van der Waals surface area contributed by atoms with Gasteiger partial charge in [-0.15, -0.1) is 11.3 Å². The van der Waals surface area contributed by atoms with Crippen LogP contribution in [0.4, 0.5) is 0 Å². The molecule has 0 aliphatic carbocycles. The first-order chi connectivity index (χ1) is 12.1. The third kappa shape index (κ3) is 4.15. The quantitative estimate of drug-likeness (QED) is 0.309. The van der Waals surface area contributed by atoms with Gasteiger partial charge in [0.25, 0.3) is 5.56 Å². The molecule has 0 N–H and O–H groups in total. The van der Waals surface area contributed by atoms with E-state index in [-0.39, 0.29) is 5.56 Å². The van der Waals surface area contributed by atoms with E-state index in [0.29, 0.717) is 0 Å². The van der Waals surface area contributed by atoms with Crippen molar-refractivity contribution < 1.29 is 0 Å². The Morgan fingerprint density at radius 3 is 2.84 bits per heavy atom. The predicted molar refractivity (Wildman–Crippen MR) is 109 cm³/mol. The fourth-order valence-electron chi connectivity index (χ4n) is 2.85. The minimum absolute atomic E-state index is 0.111. The molecule has 2 heterocycles. The summed E-state index contributed by atoms with van der Waals surface area (Å²) >= 11 is 3.16. The molecule has 3 nitrogen and oxygen atoms in total. The fourth-order valence-corrected chi connectivity index (χ4v) is 4.72. The van der Waals surface area contributed by atoms with Crippen LogP contribution in [0.1, 0.15) is 42.9 Å². The third-order valence-electron chi connectivity index (χ3n) is 4.38. The molecule has 5 heteroatoms. The van der Waals surface area contributed by atoms with E-state index in [1.165, 1.54) is 28.0 Å². The van der Waals surface area contributed by atoms with E-state index in [1.807, 2.05) is 16.0 Å². The van der Waals surface area contributed by atoms with Crippen molar-refractivity contribution in [3.05, 3.63) is 56.7 Å². The van der Waals surface area contributed by atoms with Gasteiger partial charge in [0, 0.05) is 12.3 Å². The monoisotopic (exact) mass is 372 g/mol. The highest BCUT2D eigenvalue weighted by atomic mass is 32.2. The van der Waals surface area contributed by atoms with Crippen molar-refractivity contribution in [1.29, 1.82) is 0 Å². The van der Waals surface area contributed by atoms with Crippen molar-refractivity contribution in [3.8, 4) is 0 Å². The van der Waals surface area contributed by atoms with Crippen molar-refractivity contribution >= 4 is 33.3 Å². The molecule has 0 radical (unpaired) electrons. The molecule has 0 aliphatic rings. The topological polar surface area (TPSA) is 34.9 Å². The number of aromatic nitrogens is 2.